The number of benzene rings is 2. The summed E-state index contributed by atoms with van der Waals surface area (Å²) in [7, 11) is 0. The fraction of sp³-hybridized carbons (Fsp3) is 0.304. The van der Waals surface area contributed by atoms with Crippen LogP contribution in [0.25, 0.3) is 5.69 Å². The van der Waals surface area contributed by atoms with Gasteiger partial charge in [-0.1, -0.05) is 23.7 Å². The SMILES string of the molecule is Cc1cc(Oc2ccn(-c3ccccc3Cl)n2)c(C)cc1/N=C/N1CCCCC1. The van der Waals surface area contributed by atoms with Gasteiger partial charge in [0.2, 0.25) is 5.88 Å². The number of hydrogen-bond acceptors (Lipinski definition) is 3. The van der Waals surface area contributed by atoms with Gasteiger partial charge in [0.15, 0.2) is 0 Å². The summed E-state index contributed by atoms with van der Waals surface area (Å²) >= 11 is 6.26. The van der Waals surface area contributed by atoms with Gasteiger partial charge in [0.25, 0.3) is 0 Å². The number of hydrogen-bond donors (Lipinski definition) is 0. The fourth-order valence-corrected chi connectivity index (χ4v) is 3.67. The molecule has 0 saturated carbocycles. The van der Waals surface area contributed by atoms with Crippen LogP contribution in [-0.4, -0.2) is 34.1 Å². The number of aliphatic imine (C=N–C) groups is 1. The molecule has 0 amide bonds. The molecule has 0 bridgehead atoms. The van der Waals surface area contributed by atoms with E-state index in [1.165, 1.54) is 19.3 Å². The molecule has 29 heavy (non-hydrogen) atoms. The van der Waals surface area contributed by atoms with Crippen molar-refractivity contribution in [3.63, 3.8) is 0 Å². The van der Waals surface area contributed by atoms with Gasteiger partial charge in [0.05, 0.1) is 22.7 Å². The molecule has 1 aliphatic rings. The van der Waals surface area contributed by atoms with Gasteiger partial charge in [0.1, 0.15) is 5.75 Å². The molecular formula is C23H25ClN4O. The first-order valence-corrected chi connectivity index (χ1v) is 10.4. The number of likely N-dealkylation sites (tertiary alicyclic amines) is 1. The summed E-state index contributed by atoms with van der Waals surface area (Å²) in [5.74, 6) is 1.31. The third-order valence-corrected chi connectivity index (χ3v) is 5.44. The minimum absolute atomic E-state index is 0.525. The van der Waals surface area contributed by atoms with Crippen LogP contribution in [0.2, 0.25) is 5.02 Å². The van der Waals surface area contributed by atoms with E-state index in [2.05, 4.69) is 23.0 Å². The lowest BCUT2D eigenvalue weighted by Gasteiger charge is -2.23. The van der Waals surface area contributed by atoms with Crippen LogP contribution >= 0.6 is 11.6 Å². The Balaban J connectivity index is 1.50. The van der Waals surface area contributed by atoms with Crippen LogP contribution < -0.4 is 4.74 Å². The molecule has 1 fully saturated rings. The van der Waals surface area contributed by atoms with Crippen molar-refractivity contribution in [2.24, 2.45) is 4.99 Å². The van der Waals surface area contributed by atoms with Crippen molar-refractivity contribution in [1.82, 2.24) is 14.7 Å². The van der Waals surface area contributed by atoms with E-state index in [0.717, 1.165) is 41.3 Å². The predicted octanol–water partition coefficient (Wildman–Crippen LogP) is 6.08. The molecule has 2 aromatic carbocycles. The smallest absolute Gasteiger partial charge is 0.238 e. The number of halogens is 1. The van der Waals surface area contributed by atoms with Crippen molar-refractivity contribution in [2.75, 3.05) is 13.1 Å². The highest BCUT2D eigenvalue weighted by Crippen LogP contribution is 2.31. The van der Waals surface area contributed by atoms with Crippen LogP contribution in [-0.2, 0) is 0 Å². The van der Waals surface area contributed by atoms with Gasteiger partial charge in [-0.15, -0.1) is 5.10 Å². The largest absolute Gasteiger partial charge is 0.437 e. The third kappa shape index (κ3) is 4.62. The maximum Gasteiger partial charge on any atom is 0.238 e. The van der Waals surface area contributed by atoms with E-state index < -0.39 is 0 Å². The molecule has 5 nitrogen and oxygen atoms in total. The molecule has 0 radical (unpaired) electrons. The molecule has 2 heterocycles. The lowest BCUT2D eigenvalue weighted by atomic mass is 10.1. The first-order chi connectivity index (χ1) is 14.1. The maximum atomic E-state index is 6.26. The van der Waals surface area contributed by atoms with E-state index in [1.54, 1.807) is 4.68 Å². The molecule has 1 saturated heterocycles. The van der Waals surface area contributed by atoms with Crippen molar-refractivity contribution in [3.05, 3.63) is 64.8 Å². The maximum absolute atomic E-state index is 6.26. The summed E-state index contributed by atoms with van der Waals surface area (Å²) in [6.07, 6.45) is 7.64. The number of piperidine rings is 1. The summed E-state index contributed by atoms with van der Waals surface area (Å²) in [6.45, 7) is 6.27. The van der Waals surface area contributed by atoms with E-state index in [-0.39, 0.29) is 0 Å². The molecule has 6 heteroatoms. The summed E-state index contributed by atoms with van der Waals surface area (Å²) in [5.41, 5.74) is 3.89. The summed E-state index contributed by atoms with van der Waals surface area (Å²) in [5, 5.41) is 5.14. The molecule has 4 rings (SSSR count). The zero-order valence-electron chi connectivity index (χ0n) is 16.8. The minimum atomic E-state index is 0.525. The van der Waals surface area contributed by atoms with Crippen molar-refractivity contribution in [1.29, 1.82) is 0 Å². The van der Waals surface area contributed by atoms with Gasteiger partial charge in [-0.05, 0) is 68.5 Å². The van der Waals surface area contributed by atoms with Crippen LogP contribution in [0.3, 0.4) is 0 Å². The van der Waals surface area contributed by atoms with Crippen LogP contribution in [0.1, 0.15) is 30.4 Å². The molecule has 0 unspecified atom stereocenters. The zero-order chi connectivity index (χ0) is 20.2. The molecule has 0 atom stereocenters. The minimum Gasteiger partial charge on any atom is -0.437 e. The number of nitrogens with zero attached hydrogens (tertiary/aromatic N) is 4. The van der Waals surface area contributed by atoms with Crippen LogP contribution in [0, 0.1) is 13.8 Å². The Hall–Kier alpha value is -2.79. The van der Waals surface area contributed by atoms with Crippen molar-refractivity contribution < 1.29 is 4.74 Å². The Labute approximate surface area is 176 Å². The Morgan fingerprint density at radius 3 is 2.62 bits per heavy atom. The first kappa shape index (κ1) is 19.5. The lowest BCUT2D eigenvalue weighted by Crippen LogP contribution is -2.28. The summed E-state index contributed by atoms with van der Waals surface area (Å²) < 4.78 is 7.76. The summed E-state index contributed by atoms with van der Waals surface area (Å²) in [6, 6.07) is 13.5. The van der Waals surface area contributed by atoms with Gasteiger partial charge in [-0.2, -0.15) is 0 Å². The van der Waals surface area contributed by atoms with Crippen LogP contribution in [0.4, 0.5) is 5.69 Å². The molecule has 3 aromatic rings. The molecule has 0 spiro atoms. The quantitative estimate of drug-likeness (QED) is 0.379. The Morgan fingerprint density at radius 1 is 1.03 bits per heavy atom. The predicted molar refractivity (Wildman–Crippen MR) is 118 cm³/mol. The van der Waals surface area contributed by atoms with E-state index in [4.69, 9.17) is 21.3 Å². The van der Waals surface area contributed by atoms with Gasteiger partial charge in [-0.3, -0.25) is 0 Å². The summed E-state index contributed by atoms with van der Waals surface area (Å²) in [4.78, 5) is 7.00. The van der Waals surface area contributed by atoms with Gasteiger partial charge >= 0.3 is 0 Å². The topological polar surface area (TPSA) is 42.6 Å². The van der Waals surface area contributed by atoms with Crippen molar-refractivity contribution in [3.8, 4) is 17.3 Å². The van der Waals surface area contributed by atoms with Crippen LogP contribution in [0.5, 0.6) is 11.6 Å². The number of rotatable bonds is 5. The number of aryl methyl sites for hydroxylation is 2. The van der Waals surface area contributed by atoms with E-state index in [9.17, 15) is 0 Å². The number of aromatic nitrogens is 2. The highest BCUT2D eigenvalue weighted by Gasteiger charge is 2.11. The second-order valence-electron chi connectivity index (χ2n) is 7.40. The second kappa shape index (κ2) is 8.70. The second-order valence-corrected chi connectivity index (χ2v) is 7.80. The molecule has 150 valence electrons. The van der Waals surface area contributed by atoms with Gasteiger partial charge in [0, 0.05) is 25.4 Å². The lowest BCUT2D eigenvalue weighted by molar-refractivity contribution is 0.351. The standard InChI is InChI=1S/C23H25ClN4O/c1-17-15-22(18(2)14-20(17)25-16-27-11-6-3-7-12-27)29-23-10-13-28(26-23)21-9-5-4-8-19(21)24/h4-5,8-10,13-16H,3,6-7,11-12H2,1-2H3/b25-16+. The van der Waals surface area contributed by atoms with E-state index in [1.807, 2.05) is 55.9 Å². The van der Waals surface area contributed by atoms with Crippen molar-refractivity contribution >= 4 is 23.6 Å². The highest BCUT2D eigenvalue weighted by molar-refractivity contribution is 6.32. The molecule has 1 aliphatic heterocycles. The number of para-hydroxylation sites is 1. The molecule has 0 N–H and O–H groups in total. The highest BCUT2D eigenvalue weighted by atomic mass is 35.5. The van der Waals surface area contributed by atoms with Crippen molar-refractivity contribution in [2.45, 2.75) is 33.1 Å². The zero-order valence-corrected chi connectivity index (χ0v) is 17.6. The van der Waals surface area contributed by atoms with E-state index in [0.29, 0.717) is 10.9 Å². The average molecular weight is 409 g/mol. The molecule has 0 aliphatic carbocycles. The van der Waals surface area contributed by atoms with Crippen LogP contribution in [0.15, 0.2) is 53.7 Å². The van der Waals surface area contributed by atoms with E-state index >= 15 is 0 Å². The Morgan fingerprint density at radius 2 is 1.83 bits per heavy atom. The number of ether oxygens (including phenoxy) is 1. The Kier molecular flexibility index (Phi) is 5.86. The Bertz CT molecular complexity index is 1020. The first-order valence-electron chi connectivity index (χ1n) is 9.98. The third-order valence-electron chi connectivity index (χ3n) is 5.12. The monoisotopic (exact) mass is 408 g/mol. The molecular weight excluding hydrogens is 384 g/mol. The average Bonchev–Trinajstić information content (AvgIpc) is 3.19. The normalized spacial score (nSPS) is 14.5. The van der Waals surface area contributed by atoms with Gasteiger partial charge < -0.3 is 9.64 Å². The van der Waals surface area contributed by atoms with Gasteiger partial charge in [-0.25, -0.2) is 9.67 Å². The fourth-order valence-electron chi connectivity index (χ4n) is 3.45. The molecule has 1 aromatic heterocycles.